The highest BCUT2D eigenvalue weighted by atomic mass is 16.7. The highest BCUT2D eigenvalue weighted by molar-refractivity contribution is 5.76. The summed E-state index contributed by atoms with van der Waals surface area (Å²) in [6.45, 7) is 13.2. The molecule has 174 valence electrons. The van der Waals surface area contributed by atoms with E-state index in [1.54, 1.807) is 13.8 Å². The van der Waals surface area contributed by atoms with Crippen molar-refractivity contribution in [2.24, 2.45) is 23.7 Å². The lowest BCUT2D eigenvalue weighted by molar-refractivity contribution is -0.309. The second-order valence-electron chi connectivity index (χ2n) is 9.90. The molecule has 3 rings (SSSR count). The van der Waals surface area contributed by atoms with E-state index in [0.29, 0.717) is 5.75 Å². The van der Waals surface area contributed by atoms with Crippen LogP contribution in [-0.2, 0) is 14.3 Å². The van der Waals surface area contributed by atoms with Gasteiger partial charge in [-0.05, 0) is 45.2 Å². The van der Waals surface area contributed by atoms with Crippen LogP contribution in [-0.4, -0.2) is 46.4 Å². The van der Waals surface area contributed by atoms with Crippen LogP contribution < -0.4 is 4.74 Å². The molecule has 0 unspecified atom stereocenters. The molecule has 6 heteroatoms. The number of fused-ring (bicyclic) bond motifs is 2. The van der Waals surface area contributed by atoms with Crippen molar-refractivity contribution in [1.29, 1.82) is 0 Å². The number of rotatable bonds is 7. The quantitative estimate of drug-likeness (QED) is 0.502. The lowest BCUT2D eigenvalue weighted by atomic mass is 9.78. The van der Waals surface area contributed by atoms with E-state index in [1.165, 1.54) is 0 Å². The smallest absolute Gasteiger partial charge is 0.316 e. The first-order valence-corrected chi connectivity index (χ1v) is 11.4. The van der Waals surface area contributed by atoms with Crippen molar-refractivity contribution in [2.45, 2.75) is 91.5 Å². The molecular weight excluding hydrogens is 396 g/mol. The van der Waals surface area contributed by atoms with E-state index in [1.807, 2.05) is 45.9 Å². The van der Waals surface area contributed by atoms with E-state index in [4.69, 9.17) is 14.2 Å². The Kier molecular flexibility index (Phi) is 7.16. The molecule has 6 nitrogen and oxygen atoms in total. The molecule has 2 fully saturated rings. The van der Waals surface area contributed by atoms with Crippen molar-refractivity contribution in [1.82, 2.24) is 0 Å². The molecule has 31 heavy (non-hydrogen) atoms. The van der Waals surface area contributed by atoms with Gasteiger partial charge in [0.25, 0.3) is 0 Å². The number of aryl methyl sites for hydroxylation is 2. The van der Waals surface area contributed by atoms with Gasteiger partial charge in [-0.2, -0.15) is 0 Å². The molecule has 0 saturated carbocycles. The van der Waals surface area contributed by atoms with Crippen LogP contribution in [0.2, 0.25) is 0 Å². The second-order valence-corrected chi connectivity index (χ2v) is 9.90. The highest BCUT2D eigenvalue weighted by Gasteiger charge is 2.51. The first-order valence-electron chi connectivity index (χ1n) is 11.4. The van der Waals surface area contributed by atoms with Crippen LogP contribution in [0.25, 0.3) is 0 Å². The van der Waals surface area contributed by atoms with Gasteiger partial charge in [0.2, 0.25) is 0 Å². The SMILES string of the molecule is Cc1cccc(C)c1OC(=O)[C@H](C)[C@H](O)[C@@H](C)[C@@H](O)[C@@H](C)[C@@H]1O[C@]2(C)CC[C@H](O2)[C@H]1C. The number of carbonyl (C=O) groups is 1. The monoisotopic (exact) mass is 434 g/mol. The third kappa shape index (κ3) is 4.82. The molecule has 2 N–H and O–H groups in total. The Morgan fingerprint density at radius 1 is 1.13 bits per heavy atom. The fourth-order valence-electron chi connectivity index (χ4n) is 5.12. The maximum absolute atomic E-state index is 12.7. The Morgan fingerprint density at radius 3 is 2.35 bits per heavy atom. The van der Waals surface area contributed by atoms with Gasteiger partial charge in [0.15, 0.2) is 5.79 Å². The van der Waals surface area contributed by atoms with Gasteiger partial charge in [-0.3, -0.25) is 4.79 Å². The normalized spacial score (nSPS) is 32.7. The minimum Gasteiger partial charge on any atom is -0.426 e. The molecule has 0 spiro atoms. The Bertz CT molecular complexity index is 774. The molecule has 2 bridgehead atoms. The maximum Gasteiger partial charge on any atom is 0.316 e. The summed E-state index contributed by atoms with van der Waals surface area (Å²) in [5.41, 5.74) is 1.73. The summed E-state index contributed by atoms with van der Waals surface area (Å²) < 4.78 is 17.9. The number of hydrogen-bond donors (Lipinski definition) is 2. The predicted octanol–water partition coefficient (Wildman–Crippen LogP) is 3.77. The van der Waals surface area contributed by atoms with E-state index in [-0.39, 0.29) is 24.0 Å². The number of esters is 1. The number of para-hydroxylation sites is 1. The summed E-state index contributed by atoms with van der Waals surface area (Å²) in [7, 11) is 0. The topological polar surface area (TPSA) is 85.2 Å². The van der Waals surface area contributed by atoms with Gasteiger partial charge < -0.3 is 24.4 Å². The fourth-order valence-corrected chi connectivity index (χ4v) is 5.12. The summed E-state index contributed by atoms with van der Waals surface area (Å²) in [5.74, 6) is -1.95. The Labute approximate surface area is 185 Å². The van der Waals surface area contributed by atoms with Crippen molar-refractivity contribution in [2.75, 3.05) is 0 Å². The molecule has 0 amide bonds. The van der Waals surface area contributed by atoms with E-state index in [0.717, 1.165) is 24.0 Å². The largest absolute Gasteiger partial charge is 0.426 e. The third-order valence-corrected chi connectivity index (χ3v) is 7.40. The minimum absolute atomic E-state index is 0.130. The molecule has 2 aliphatic heterocycles. The van der Waals surface area contributed by atoms with Crippen LogP contribution in [0.1, 0.15) is 58.6 Å². The summed E-state index contributed by atoms with van der Waals surface area (Å²) in [5, 5.41) is 22.0. The number of aliphatic hydroxyl groups is 2. The number of aliphatic hydroxyl groups excluding tert-OH is 2. The second kappa shape index (κ2) is 9.18. The summed E-state index contributed by atoms with van der Waals surface area (Å²) >= 11 is 0. The van der Waals surface area contributed by atoms with Gasteiger partial charge >= 0.3 is 5.97 Å². The predicted molar refractivity (Wildman–Crippen MR) is 118 cm³/mol. The van der Waals surface area contributed by atoms with E-state index in [9.17, 15) is 15.0 Å². The highest BCUT2D eigenvalue weighted by Crippen LogP contribution is 2.45. The molecular formula is C25H38O6. The number of carbonyl (C=O) groups excluding carboxylic acids is 1. The van der Waals surface area contributed by atoms with Crippen LogP contribution in [0.15, 0.2) is 18.2 Å². The van der Waals surface area contributed by atoms with E-state index < -0.39 is 35.8 Å². The summed E-state index contributed by atoms with van der Waals surface area (Å²) in [6.07, 6.45) is -0.120. The lowest BCUT2D eigenvalue weighted by Gasteiger charge is -2.45. The molecule has 1 aromatic carbocycles. The van der Waals surface area contributed by atoms with Crippen molar-refractivity contribution in [3.05, 3.63) is 29.3 Å². The fraction of sp³-hybridized carbons (Fsp3) is 0.720. The molecule has 2 saturated heterocycles. The molecule has 1 aromatic rings. The van der Waals surface area contributed by atoms with Crippen LogP contribution in [0, 0.1) is 37.5 Å². The number of benzene rings is 1. The molecule has 2 aliphatic rings. The Balaban J connectivity index is 1.65. The Hall–Kier alpha value is -1.47. The molecule has 9 atom stereocenters. The van der Waals surface area contributed by atoms with Crippen molar-refractivity contribution in [3.8, 4) is 5.75 Å². The van der Waals surface area contributed by atoms with E-state index >= 15 is 0 Å². The number of ether oxygens (including phenoxy) is 3. The van der Waals surface area contributed by atoms with Crippen LogP contribution in [0.5, 0.6) is 5.75 Å². The number of hydrogen-bond acceptors (Lipinski definition) is 6. The van der Waals surface area contributed by atoms with Gasteiger partial charge in [0.1, 0.15) is 5.75 Å². The minimum atomic E-state index is -1.04. The lowest BCUT2D eigenvalue weighted by Crippen LogP contribution is -2.52. The first kappa shape index (κ1) is 24.2. The zero-order chi connectivity index (χ0) is 23.1. The van der Waals surface area contributed by atoms with Gasteiger partial charge in [-0.25, -0.2) is 0 Å². The maximum atomic E-state index is 12.7. The van der Waals surface area contributed by atoms with Crippen molar-refractivity contribution < 1.29 is 29.2 Å². The first-order chi connectivity index (χ1) is 14.4. The van der Waals surface area contributed by atoms with Gasteiger partial charge in [-0.15, -0.1) is 0 Å². The third-order valence-electron chi connectivity index (χ3n) is 7.40. The standard InChI is InChI=1S/C25H38O6/c1-13-9-8-10-14(2)22(13)29-24(28)18(6)21(27)16(4)20(26)17(5)23-15(3)19-11-12-25(7,30-19)31-23/h8-10,15-21,23,26-27H,11-12H2,1-7H3/t15-,16+,17-,18-,19+,20-,21-,23-,25-/m1/s1. The molecule has 0 aromatic heterocycles. The average molecular weight is 435 g/mol. The molecule has 0 aliphatic carbocycles. The zero-order valence-corrected chi connectivity index (χ0v) is 19.8. The van der Waals surface area contributed by atoms with Crippen molar-refractivity contribution in [3.63, 3.8) is 0 Å². The summed E-state index contributed by atoms with van der Waals surface area (Å²) in [4.78, 5) is 12.7. The molecule has 2 heterocycles. The van der Waals surface area contributed by atoms with Gasteiger partial charge in [0, 0.05) is 24.2 Å². The zero-order valence-electron chi connectivity index (χ0n) is 19.8. The van der Waals surface area contributed by atoms with Crippen LogP contribution in [0.4, 0.5) is 0 Å². The van der Waals surface area contributed by atoms with Crippen molar-refractivity contribution >= 4 is 5.97 Å². The van der Waals surface area contributed by atoms with Crippen LogP contribution in [0.3, 0.4) is 0 Å². The molecule has 0 radical (unpaired) electrons. The average Bonchev–Trinajstić information content (AvgIpc) is 3.08. The summed E-state index contributed by atoms with van der Waals surface area (Å²) in [6, 6.07) is 5.67. The van der Waals surface area contributed by atoms with Crippen LogP contribution >= 0.6 is 0 Å². The van der Waals surface area contributed by atoms with E-state index in [2.05, 4.69) is 6.92 Å². The van der Waals surface area contributed by atoms with Gasteiger partial charge in [0.05, 0.1) is 30.3 Å². The van der Waals surface area contributed by atoms with Gasteiger partial charge in [-0.1, -0.05) is 39.0 Å². The Morgan fingerprint density at radius 2 is 1.74 bits per heavy atom.